The van der Waals surface area contributed by atoms with E-state index in [0.717, 1.165) is 19.3 Å². The van der Waals surface area contributed by atoms with Gasteiger partial charge in [0, 0.05) is 13.1 Å². The van der Waals surface area contributed by atoms with E-state index in [-0.39, 0.29) is 10.5 Å². The summed E-state index contributed by atoms with van der Waals surface area (Å²) in [7, 11) is -3.68. The van der Waals surface area contributed by atoms with Gasteiger partial charge in [0.1, 0.15) is 0 Å². The van der Waals surface area contributed by atoms with Gasteiger partial charge in [-0.05, 0) is 49.6 Å². The molecule has 0 unspecified atom stereocenters. The third-order valence-corrected chi connectivity index (χ3v) is 7.09. The number of sulfonamides is 1. The molecule has 0 saturated carbocycles. The van der Waals surface area contributed by atoms with Gasteiger partial charge in [0.25, 0.3) is 5.91 Å². The lowest BCUT2D eigenvalue weighted by Crippen LogP contribution is -2.35. The molecule has 1 heterocycles. The third-order valence-electron chi connectivity index (χ3n) is 4.86. The highest BCUT2D eigenvalue weighted by atomic mass is 35.5. The Morgan fingerprint density at radius 3 is 2.50 bits per heavy atom. The van der Waals surface area contributed by atoms with Crippen LogP contribution in [0.3, 0.4) is 0 Å². The molecule has 0 aromatic heterocycles. The molecule has 7 nitrogen and oxygen atoms in total. The van der Waals surface area contributed by atoms with Gasteiger partial charge in [0.15, 0.2) is 6.61 Å². The molecule has 9 heteroatoms. The van der Waals surface area contributed by atoms with Crippen LogP contribution < -0.4 is 5.32 Å². The number of aryl methyl sites for hydroxylation is 1. The van der Waals surface area contributed by atoms with Crippen molar-refractivity contribution < 1.29 is 22.7 Å². The summed E-state index contributed by atoms with van der Waals surface area (Å²) in [6, 6.07) is 11.1. The van der Waals surface area contributed by atoms with Crippen LogP contribution in [0.2, 0.25) is 5.02 Å². The van der Waals surface area contributed by atoms with Crippen LogP contribution in [-0.2, 0) is 19.6 Å². The smallest absolute Gasteiger partial charge is 0.338 e. The molecule has 1 saturated heterocycles. The van der Waals surface area contributed by atoms with E-state index in [1.165, 1.54) is 16.4 Å². The summed E-state index contributed by atoms with van der Waals surface area (Å²) in [4.78, 5) is 24.6. The minimum atomic E-state index is -3.68. The first-order valence-electron chi connectivity index (χ1n) is 9.61. The zero-order valence-corrected chi connectivity index (χ0v) is 18.1. The van der Waals surface area contributed by atoms with E-state index in [1.54, 1.807) is 37.3 Å². The molecular formula is C21H23ClN2O5S. The summed E-state index contributed by atoms with van der Waals surface area (Å²) < 4.78 is 32.3. The van der Waals surface area contributed by atoms with Crippen LogP contribution in [-0.4, -0.2) is 44.3 Å². The number of esters is 1. The van der Waals surface area contributed by atoms with Gasteiger partial charge < -0.3 is 10.1 Å². The Hall–Kier alpha value is -2.42. The van der Waals surface area contributed by atoms with Gasteiger partial charge >= 0.3 is 5.97 Å². The molecule has 0 spiro atoms. The molecule has 0 bridgehead atoms. The third kappa shape index (κ3) is 5.19. The van der Waals surface area contributed by atoms with Gasteiger partial charge in [-0.2, -0.15) is 4.31 Å². The van der Waals surface area contributed by atoms with Crippen LogP contribution >= 0.6 is 11.6 Å². The largest absolute Gasteiger partial charge is 0.452 e. The summed E-state index contributed by atoms with van der Waals surface area (Å²) >= 11 is 5.99. The van der Waals surface area contributed by atoms with Crippen LogP contribution in [0.25, 0.3) is 0 Å². The number of benzene rings is 2. The van der Waals surface area contributed by atoms with Crippen molar-refractivity contribution in [2.24, 2.45) is 0 Å². The number of rotatable bonds is 6. The van der Waals surface area contributed by atoms with Gasteiger partial charge in [-0.15, -0.1) is 0 Å². The fourth-order valence-electron chi connectivity index (χ4n) is 3.19. The van der Waals surface area contributed by atoms with Crippen molar-refractivity contribution >= 4 is 39.2 Å². The quantitative estimate of drug-likeness (QED) is 0.678. The lowest BCUT2D eigenvalue weighted by molar-refractivity contribution is -0.119. The number of para-hydroxylation sites is 1. The minimum absolute atomic E-state index is 0.0440. The molecule has 1 N–H and O–H groups in total. The molecule has 1 aliphatic heterocycles. The Balaban J connectivity index is 1.69. The van der Waals surface area contributed by atoms with E-state index >= 15 is 0 Å². The van der Waals surface area contributed by atoms with E-state index < -0.39 is 28.5 Å². The maximum absolute atomic E-state index is 12.9. The number of anilines is 1. The zero-order valence-electron chi connectivity index (χ0n) is 16.6. The van der Waals surface area contributed by atoms with Crippen molar-refractivity contribution in [3.05, 3.63) is 58.6 Å². The molecule has 1 amide bonds. The van der Waals surface area contributed by atoms with E-state index in [2.05, 4.69) is 5.32 Å². The lowest BCUT2D eigenvalue weighted by atomic mass is 10.1. The number of piperidine rings is 1. The fraction of sp³-hybridized carbons (Fsp3) is 0.333. The van der Waals surface area contributed by atoms with E-state index in [0.29, 0.717) is 29.4 Å². The van der Waals surface area contributed by atoms with Crippen LogP contribution in [0.15, 0.2) is 47.4 Å². The summed E-state index contributed by atoms with van der Waals surface area (Å²) in [6.07, 6.45) is 2.65. The number of nitrogens with zero attached hydrogens (tertiary/aromatic N) is 1. The van der Waals surface area contributed by atoms with E-state index in [4.69, 9.17) is 16.3 Å². The van der Waals surface area contributed by atoms with E-state index in [1.807, 2.05) is 0 Å². The predicted molar refractivity (Wildman–Crippen MR) is 114 cm³/mol. The molecule has 1 aliphatic rings. The number of carbonyl (C=O) groups is 2. The number of halogens is 1. The monoisotopic (exact) mass is 450 g/mol. The first kappa shape index (κ1) is 22.3. The highest BCUT2D eigenvalue weighted by Gasteiger charge is 2.27. The molecule has 1 fully saturated rings. The Kier molecular flexibility index (Phi) is 7.12. The SMILES string of the molecule is Cc1ccc(S(=O)(=O)N2CCCCC2)cc1C(=O)OCC(=O)Nc1ccccc1Cl. The van der Waals surface area contributed by atoms with Crippen LogP contribution in [0.1, 0.15) is 35.2 Å². The lowest BCUT2D eigenvalue weighted by Gasteiger charge is -2.26. The Labute approximate surface area is 181 Å². The standard InChI is InChI=1S/C21H23ClN2O5S/c1-15-9-10-16(30(27,28)24-11-5-2-6-12-24)13-17(15)21(26)29-14-20(25)23-19-8-4-3-7-18(19)22/h3-4,7-10,13H,2,5-6,11-12,14H2,1H3,(H,23,25). The predicted octanol–water partition coefficient (Wildman–Crippen LogP) is 3.62. The van der Waals surface area contributed by atoms with Crippen molar-refractivity contribution in [3.63, 3.8) is 0 Å². The summed E-state index contributed by atoms with van der Waals surface area (Å²) in [5, 5.41) is 2.92. The zero-order chi connectivity index (χ0) is 21.7. The molecule has 0 radical (unpaired) electrons. The number of hydrogen-bond acceptors (Lipinski definition) is 5. The van der Waals surface area contributed by atoms with Crippen molar-refractivity contribution in [2.45, 2.75) is 31.1 Å². The van der Waals surface area contributed by atoms with Crippen LogP contribution in [0.5, 0.6) is 0 Å². The van der Waals surface area contributed by atoms with Crippen LogP contribution in [0, 0.1) is 6.92 Å². The summed E-state index contributed by atoms with van der Waals surface area (Å²) in [5.41, 5.74) is 1.08. The molecule has 160 valence electrons. The maximum Gasteiger partial charge on any atom is 0.338 e. The fourth-order valence-corrected chi connectivity index (χ4v) is 4.92. The number of carbonyl (C=O) groups excluding carboxylic acids is 2. The van der Waals surface area contributed by atoms with Gasteiger partial charge in [0.2, 0.25) is 10.0 Å². The Bertz CT molecular complexity index is 1050. The molecule has 3 rings (SSSR count). The normalized spacial score (nSPS) is 14.9. The first-order chi connectivity index (χ1) is 14.3. The van der Waals surface area contributed by atoms with E-state index in [9.17, 15) is 18.0 Å². The van der Waals surface area contributed by atoms with Gasteiger partial charge in [-0.25, -0.2) is 13.2 Å². The topological polar surface area (TPSA) is 92.8 Å². The highest BCUT2D eigenvalue weighted by Crippen LogP contribution is 2.23. The van der Waals surface area contributed by atoms with Gasteiger partial charge in [0.05, 0.1) is 21.2 Å². The molecule has 2 aromatic carbocycles. The Morgan fingerprint density at radius 2 is 1.80 bits per heavy atom. The molecular weight excluding hydrogens is 428 g/mol. The molecule has 0 atom stereocenters. The van der Waals surface area contributed by atoms with Crippen molar-refractivity contribution in [1.29, 1.82) is 0 Å². The highest BCUT2D eigenvalue weighted by molar-refractivity contribution is 7.89. The number of hydrogen-bond donors (Lipinski definition) is 1. The number of amides is 1. The number of nitrogens with one attached hydrogen (secondary N) is 1. The molecule has 2 aromatic rings. The Morgan fingerprint density at radius 1 is 1.10 bits per heavy atom. The maximum atomic E-state index is 12.9. The van der Waals surface area contributed by atoms with Crippen molar-refractivity contribution in [3.8, 4) is 0 Å². The average molecular weight is 451 g/mol. The summed E-state index contributed by atoms with van der Waals surface area (Å²) in [6.45, 7) is 2.10. The average Bonchev–Trinajstić information content (AvgIpc) is 2.74. The van der Waals surface area contributed by atoms with Crippen molar-refractivity contribution in [2.75, 3.05) is 25.0 Å². The summed E-state index contributed by atoms with van der Waals surface area (Å²) in [5.74, 6) is -1.32. The second-order valence-electron chi connectivity index (χ2n) is 7.05. The molecule has 0 aliphatic carbocycles. The second kappa shape index (κ2) is 9.59. The minimum Gasteiger partial charge on any atom is -0.452 e. The van der Waals surface area contributed by atoms with Crippen LogP contribution in [0.4, 0.5) is 5.69 Å². The van der Waals surface area contributed by atoms with Crippen molar-refractivity contribution in [1.82, 2.24) is 4.31 Å². The van der Waals surface area contributed by atoms with Gasteiger partial charge in [-0.1, -0.05) is 36.2 Å². The second-order valence-corrected chi connectivity index (χ2v) is 9.39. The first-order valence-corrected chi connectivity index (χ1v) is 11.4. The number of ether oxygens (including phenoxy) is 1. The molecule has 30 heavy (non-hydrogen) atoms. The van der Waals surface area contributed by atoms with Gasteiger partial charge in [-0.3, -0.25) is 4.79 Å².